The third-order valence-electron chi connectivity index (χ3n) is 4.52. The summed E-state index contributed by atoms with van der Waals surface area (Å²) in [5.74, 6) is -0.811. The van der Waals surface area contributed by atoms with Gasteiger partial charge in [-0.1, -0.05) is 29.8 Å². The summed E-state index contributed by atoms with van der Waals surface area (Å²) >= 11 is 7.11. The Morgan fingerprint density at radius 3 is 2.59 bits per heavy atom. The number of anilines is 1. The number of rotatable bonds is 6. The van der Waals surface area contributed by atoms with Crippen molar-refractivity contribution in [2.75, 3.05) is 18.4 Å². The first-order chi connectivity index (χ1) is 13.8. The molecule has 0 spiro atoms. The number of benzene rings is 1. The van der Waals surface area contributed by atoms with Gasteiger partial charge in [0.1, 0.15) is 10.7 Å². The molecule has 2 heterocycles. The number of piperidine rings is 1. The second kappa shape index (κ2) is 9.42. The molecule has 10 heteroatoms. The predicted molar refractivity (Wildman–Crippen MR) is 112 cm³/mol. The number of pyridine rings is 1. The SMILES string of the molecule is C[C@H](Sc1ccc(S(=O)(=O)N2CCCCC2)cn1)C(=O)Nc1ccc(F)cc1Cl. The van der Waals surface area contributed by atoms with Gasteiger partial charge in [0.05, 0.1) is 21.0 Å². The number of nitrogens with zero attached hydrogens (tertiary/aromatic N) is 2. The standard InChI is InChI=1S/C19H21ClFN3O3S2/c1-13(19(25)23-17-7-5-14(21)11-16(17)20)28-18-8-6-15(12-22-18)29(26,27)24-9-3-2-4-10-24/h5-8,11-13H,2-4,9-10H2,1H3,(H,23,25)/t13-/m0/s1. The predicted octanol–water partition coefficient (Wildman–Crippen LogP) is 4.17. The Bertz CT molecular complexity index is 981. The molecule has 29 heavy (non-hydrogen) atoms. The van der Waals surface area contributed by atoms with E-state index in [1.165, 1.54) is 40.5 Å². The summed E-state index contributed by atoms with van der Waals surface area (Å²) in [4.78, 5) is 16.7. The van der Waals surface area contributed by atoms with Gasteiger partial charge in [0.25, 0.3) is 0 Å². The largest absolute Gasteiger partial charge is 0.324 e. The molecule has 0 unspecified atom stereocenters. The number of hydrogen-bond acceptors (Lipinski definition) is 5. The third kappa shape index (κ3) is 5.48. The van der Waals surface area contributed by atoms with Gasteiger partial charge in [-0.3, -0.25) is 4.79 Å². The van der Waals surface area contributed by atoms with E-state index in [0.717, 1.165) is 25.3 Å². The molecule has 6 nitrogen and oxygen atoms in total. The summed E-state index contributed by atoms with van der Waals surface area (Å²) < 4.78 is 39.9. The van der Waals surface area contributed by atoms with Gasteiger partial charge in [-0.05, 0) is 50.1 Å². The van der Waals surface area contributed by atoms with E-state index < -0.39 is 21.1 Å². The summed E-state index contributed by atoms with van der Waals surface area (Å²) in [5.41, 5.74) is 0.321. The minimum atomic E-state index is -3.54. The van der Waals surface area contributed by atoms with Crippen LogP contribution in [0.4, 0.5) is 10.1 Å². The molecule has 3 rings (SSSR count). The average Bonchev–Trinajstić information content (AvgIpc) is 2.71. The van der Waals surface area contributed by atoms with Crippen molar-refractivity contribution in [1.29, 1.82) is 0 Å². The van der Waals surface area contributed by atoms with Crippen LogP contribution in [-0.4, -0.2) is 42.0 Å². The van der Waals surface area contributed by atoms with Crippen molar-refractivity contribution in [1.82, 2.24) is 9.29 Å². The lowest BCUT2D eigenvalue weighted by Crippen LogP contribution is -2.35. The summed E-state index contributed by atoms with van der Waals surface area (Å²) in [7, 11) is -3.54. The van der Waals surface area contributed by atoms with Gasteiger partial charge in [-0.2, -0.15) is 4.31 Å². The number of carbonyl (C=O) groups excluding carboxylic acids is 1. The van der Waals surface area contributed by atoms with Crippen molar-refractivity contribution in [2.24, 2.45) is 0 Å². The highest BCUT2D eigenvalue weighted by molar-refractivity contribution is 8.00. The van der Waals surface area contributed by atoms with Crippen molar-refractivity contribution >= 4 is 45.0 Å². The van der Waals surface area contributed by atoms with Crippen LogP contribution in [0, 0.1) is 5.82 Å². The van der Waals surface area contributed by atoms with E-state index in [1.807, 2.05) is 0 Å². The lowest BCUT2D eigenvalue weighted by atomic mass is 10.2. The minimum Gasteiger partial charge on any atom is -0.324 e. The molecule has 1 N–H and O–H groups in total. The maximum atomic E-state index is 13.1. The molecule has 1 aromatic carbocycles. The normalized spacial score (nSPS) is 16.4. The molecule has 1 amide bonds. The average molecular weight is 458 g/mol. The number of thioether (sulfide) groups is 1. The monoisotopic (exact) mass is 457 g/mol. The van der Waals surface area contributed by atoms with Crippen LogP contribution in [0.3, 0.4) is 0 Å². The summed E-state index contributed by atoms with van der Waals surface area (Å²) in [6.07, 6.45) is 4.10. The molecule has 156 valence electrons. The minimum absolute atomic E-state index is 0.112. The lowest BCUT2D eigenvalue weighted by Gasteiger charge is -2.25. The van der Waals surface area contributed by atoms with Crippen molar-refractivity contribution in [3.05, 3.63) is 47.4 Å². The van der Waals surface area contributed by atoms with E-state index in [2.05, 4.69) is 10.3 Å². The zero-order valence-electron chi connectivity index (χ0n) is 15.8. The quantitative estimate of drug-likeness (QED) is 0.658. The van der Waals surface area contributed by atoms with Gasteiger partial charge < -0.3 is 5.32 Å². The third-order valence-corrected chi connectivity index (χ3v) is 7.76. The summed E-state index contributed by atoms with van der Waals surface area (Å²) in [6.45, 7) is 2.75. The fourth-order valence-corrected chi connectivity index (χ4v) is 5.37. The Hall–Kier alpha value is -1.68. The molecule has 1 aromatic heterocycles. The zero-order chi connectivity index (χ0) is 21.0. The van der Waals surface area contributed by atoms with Gasteiger partial charge >= 0.3 is 0 Å². The van der Waals surface area contributed by atoms with Gasteiger partial charge in [-0.15, -0.1) is 0 Å². The topological polar surface area (TPSA) is 79.4 Å². The Kier molecular flexibility index (Phi) is 7.15. The number of halogens is 2. The van der Waals surface area contributed by atoms with Crippen LogP contribution < -0.4 is 5.32 Å². The maximum Gasteiger partial charge on any atom is 0.244 e. The Morgan fingerprint density at radius 2 is 1.97 bits per heavy atom. The molecule has 0 bridgehead atoms. The molecule has 1 aliphatic heterocycles. The van der Waals surface area contributed by atoms with Crippen molar-refractivity contribution < 1.29 is 17.6 Å². The van der Waals surface area contributed by atoms with Crippen LogP contribution in [0.25, 0.3) is 0 Å². The summed E-state index contributed by atoms with van der Waals surface area (Å²) in [5, 5.41) is 2.76. The van der Waals surface area contributed by atoms with Gasteiger partial charge in [0.15, 0.2) is 0 Å². The molecule has 1 fully saturated rings. The molecule has 2 aromatic rings. The van der Waals surface area contributed by atoms with Crippen LogP contribution in [0.1, 0.15) is 26.2 Å². The van der Waals surface area contributed by atoms with Crippen LogP contribution in [-0.2, 0) is 14.8 Å². The zero-order valence-corrected chi connectivity index (χ0v) is 18.2. The second-order valence-electron chi connectivity index (χ2n) is 6.67. The van der Waals surface area contributed by atoms with Crippen LogP contribution in [0.15, 0.2) is 46.5 Å². The smallest absolute Gasteiger partial charge is 0.244 e. The number of sulfonamides is 1. The first-order valence-electron chi connectivity index (χ1n) is 9.16. The summed E-state index contributed by atoms with van der Waals surface area (Å²) in [6, 6.07) is 6.84. The number of nitrogens with one attached hydrogen (secondary N) is 1. The molecule has 1 atom stereocenters. The molecule has 0 saturated carbocycles. The molecule has 1 aliphatic rings. The fourth-order valence-electron chi connectivity index (χ4n) is 2.90. The van der Waals surface area contributed by atoms with E-state index in [-0.39, 0.29) is 15.8 Å². The van der Waals surface area contributed by atoms with Crippen LogP contribution >= 0.6 is 23.4 Å². The van der Waals surface area contributed by atoms with E-state index in [4.69, 9.17) is 11.6 Å². The van der Waals surface area contributed by atoms with Gasteiger partial charge in [-0.25, -0.2) is 17.8 Å². The molecule has 0 radical (unpaired) electrons. The number of hydrogen-bond donors (Lipinski definition) is 1. The number of aromatic nitrogens is 1. The van der Waals surface area contributed by atoms with Crippen molar-refractivity contribution in [2.45, 2.75) is 41.4 Å². The first kappa shape index (κ1) is 22.0. The molecular weight excluding hydrogens is 437 g/mol. The molecule has 0 aliphatic carbocycles. The van der Waals surface area contributed by atoms with E-state index >= 15 is 0 Å². The highest BCUT2D eigenvalue weighted by Crippen LogP contribution is 2.27. The van der Waals surface area contributed by atoms with E-state index in [0.29, 0.717) is 23.8 Å². The number of amides is 1. The first-order valence-corrected chi connectivity index (χ1v) is 11.9. The lowest BCUT2D eigenvalue weighted by molar-refractivity contribution is -0.115. The maximum absolute atomic E-state index is 13.1. The molecule has 1 saturated heterocycles. The van der Waals surface area contributed by atoms with Crippen molar-refractivity contribution in [3.63, 3.8) is 0 Å². The molecular formula is C19H21ClFN3O3S2. The van der Waals surface area contributed by atoms with Gasteiger partial charge in [0.2, 0.25) is 15.9 Å². The van der Waals surface area contributed by atoms with E-state index in [1.54, 1.807) is 13.0 Å². The fraction of sp³-hybridized carbons (Fsp3) is 0.368. The Morgan fingerprint density at radius 1 is 1.24 bits per heavy atom. The highest BCUT2D eigenvalue weighted by Gasteiger charge is 2.26. The Labute approximate surface area is 178 Å². The second-order valence-corrected chi connectivity index (χ2v) is 10.4. The van der Waals surface area contributed by atoms with Crippen LogP contribution in [0.5, 0.6) is 0 Å². The Balaban J connectivity index is 1.63. The van der Waals surface area contributed by atoms with Gasteiger partial charge in [0, 0.05) is 19.3 Å². The van der Waals surface area contributed by atoms with Crippen molar-refractivity contribution in [3.8, 4) is 0 Å². The number of carbonyl (C=O) groups is 1. The highest BCUT2D eigenvalue weighted by atomic mass is 35.5. The van der Waals surface area contributed by atoms with Crippen LogP contribution in [0.2, 0.25) is 5.02 Å². The van der Waals surface area contributed by atoms with E-state index in [9.17, 15) is 17.6 Å².